The van der Waals surface area contributed by atoms with Gasteiger partial charge in [-0.1, -0.05) is 0 Å². The van der Waals surface area contributed by atoms with E-state index >= 15 is 0 Å². The molecule has 0 N–H and O–H groups in total. The number of tetrazole rings is 1. The van der Waals surface area contributed by atoms with Crippen molar-refractivity contribution in [2.45, 2.75) is 13.8 Å². The Hall–Kier alpha value is -2.30. The fraction of sp³-hybridized carbons (Fsp3) is 0.167. The lowest BCUT2D eigenvalue weighted by atomic mass is 10.1. The molecule has 0 unspecified atom stereocenters. The maximum Gasteiger partial charge on any atom is 0.190 e. The normalized spacial score (nSPS) is 11.2. The number of carbonyl (C=O) groups is 1. The van der Waals surface area contributed by atoms with Crippen LogP contribution in [-0.2, 0) is 0 Å². The summed E-state index contributed by atoms with van der Waals surface area (Å²) in [5, 5.41) is 12.4. The van der Waals surface area contributed by atoms with Gasteiger partial charge in [-0.15, -0.1) is 5.10 Å². The molecule has 0 bridgehead atoms. The Morgan fingerprint density at radius 3 is 2.71 bits per heavy atom. The van der Waals surface area contributed by atoms with Crippen molar-refractivity contribution in [3.05, 3.63) is 34.9 Å². The lowest BCUT2D eigenvalue weighted by molar-refractivity contribution is 0.112. The van der Waals surface area contributed by atoms with Crippen molar-refractivity contribution in [1.29, 1.82) is 0 Å². The van der Waals surface area contributed by atoms with E-state index in [4.69, 9.17) is 0 Å². The molecular formula is C12H10N4O. The fourth-order valence-corrected chi connectivity index (χ4v) is 1.97. The zero-order chi connectivity index (χ0) is 12.0. The van der Waals surface area contributed by atoms with Crippen LogP contribution >= 0.6 is 0 Å². The van der Waals surface area contributed by atoms with Crippen LogP contribution in [0.25, 0.3) is 16.6 Å². The van der Waals surface area contributed by atoms with Crippen LogP contribution in [0.15, 0.2) is 18.2 Å². The second-order valence-corrected chi connectivity index (χ2v) is 4.13. The summed E-state index contributed by atoms with van der Waals surface area (Å²) in [6.07, 6.45) is 0.778. The Labute approximate surface area is 97.1 Å². The number of hydrogen-bond acceptors (Lipinski definition) is 4. The molecule has 3 rings (SSSR count). The number of fused-ring (bicyclic) bond motifs is 3. The standard InChI is InChI=1S/C12H10N4O/c1-7-3-9-5-10(6-17)12-13-14-15-16(12)11(9)4-8(7)2/h3-6H,1-2H3. The second-order valence-electron chi connectivity index (χ2n) is 4.13. The van der Waals surface area contributed by atoms with Gasteiger partial charge in [-0.2, -0.15) is 4.52 Å². The van der Waals surface area contributed by atoms with Gasteiger partial charge < -0.3 is 0 Å². The molecule has 0 atom stereocenters. The zero-order valence-corrected chi connectivity index (χ0v) is 9.51. The molecule has 0 saturated heterocycles. The minimum Gasteiger partial charge on any atom is -0.298 e. The minimum atomic E-state index is 0.496. The van der Waals surface area contributed by atoms with E-state index in [1.165, 1.54) is 11.1 Å². The highest BCUT2D eigenvalue weighted by molar-refractivity contribution is 5.93. The van der Waals surface area contributed by atoms with Crippen LogP contribution in [0.3, 0.4) is 0 Å². The molecule has 1 aromatic carbocycles. The van der Waals surface area contributed by atoms with Crippen molar-refractivity contribution in [3.8, 4) is 0 Å². The van der Waals surface area contributed by atoms with Crippen LogP contribution in [0.1, 0.15) is 21.5 Å². The van der Waals surface area contributed by atoms with Gasteiger partial charge in [0.15, 0.2) is 11.9 Å². The number of pyridine rings is 1. The number of rotatable bonds is 1. The van der Waals surface area contributed by atoms with Gasteiger partial charge in [-0.25, -0.2) is 0 Å². The Balaban J connectivity index is 2.58. The van der Waals surface area contributed by atoms with Crippen molar-refractivity contribution in [1.82, 2.24) is 20.0 Å². The molecule has 5 nitrogen and oxygen atoms in total. The van der Waals surface area contributed by atoms with Gasteiger partial charge in [0.1, 0.15) is 0 Å². The van der Waals surface area contributed by atoms with Crippen LogP contribution in [0.4, 0.5) is 0 Å². The molecule has 0 saturated carbocycles. The average molecular weight is 226 g/mol. The van der Waals surface area contributed by atoms with Gasteiger partial charge in [0.25, 0.3) is 0 Å². The van der Waals surface area contributed by atoms with E-state index in [9.17, 15) is 4.79 Å². The summed E-state index contributed by atoms with van der Waals surface area (Å²) in [7, 11) is 0. The van der Waals surface area contributed by atoms with E-state index in [0.29, 0.717) is 11.2 Å². The molecule has 0 aliphatic heterocycles. The number of aromatic nitrogens is 4. The topological polar surface area (TPSA) is 60.2 Å². The van der Waals surface area contributed by atoms with E-state index in [1.54, 1.807) is 4.52 Å². The summed E-state index contributed by atoms with van der Waals surface area (Å²) in [6.45, 7) is 4.08. The third kappa shape index (κ3) is 1.32. The van der Waals surface area contributed by atoms with Crippen LogP contribution in [0.2, 0.25) is 0 Å². The fourth-order valence-electron chi connectivity index (χ4n) is 1.97. The van der Waals surface area contributed by atoms with Gasteiger partial charge >= 0.3 is 0 Å². The second kappa shape index (κ2) is 3.35. The number of aldehydes is 1. The molecule has 0 radical (unpaired) electrons. The molecule has 0 aliphatic carbocycles. The van der Waals surface area contributed by atoms with Crippen molar-refractivity contribution in [2.24, 2.45) is 0 Å². The largest absolute Gasteiger partial charge is 0.298 e. The Morgan fingerprint density at radius 1 is 1.18 bits per heavy atom. The maximum absolute atomic E-state index is 11.0. The molecule has 0 fully saturated rings. The molecule has 84 valence electrons. The molecule has 0 amide bonds. The van der Waals surface area contributed by atoms with E-state index < -0.39 is 0 Å². The van der Waals surface area contributed by atoms with Crippen molar-refractivity contribution < 1.29 is 4.79 Å². The smallest absolute Gasteiger partial charge is 0.190 e. The monoisotopic (exact) mass is 226 g/mol. The van der Waals surface area contributed by atoms with E-state index in [0.717, 1.165) is 17.2 Å². The van der Waals surface area contributed by atoms with E-state index in [-0.39, 0.29) is 0 Å². The number of hydrogen-bond donors (Lipinski definition) is 0. The Bertz CT molecular complexity index is 745. The summed E-state index contributed by atoms with van der Waals surface area (Å²) in [5.74, 6) is 0. The molecule has 17 heavy (non-hydrogen) atoms. The first-order chi connectivity index (χ1) is 8.20. The highest BCUT2D eigenvalue weighted by atomic mass is 16.1. The summed E-state index contributed by atoms with van der Waals surface area (Å²) in [4.78, 5) is 11.0. The van der Waals surface area contributed by atoms with E-state index in [1.807, 2.05) is 32.0 Å². The zero-order valence-electron chi connectivity index (χ0n) is 9.51. The first-order valence-corrected chi connectivity index (χ1v) is 5.28. The third-order valence-electron chi connectivity index (χ3n) is 3.04. The molecule has 0 spiro atoms. The van der Waals surface area contributed by atoms with Crippen LogP contribution < -0.4 is 0 Å². The van der Waals surface area contributed by atoms with Crippen LogP contribution in [-0.4, -0.2) is 26.3 Å². The predicted octanol–water partition coefficient (Wildman–Crippen LogP) is 1.71. The van der Waals surface area contributed by atoms with Gasteiger partial charge in [0.2, 0.25) is 0 Å². The highest BCUT2D eigenvalue weighted by Gasteiger charge is 2.10. The van der Waals surface area contributed by atoms with Crippen molar-refractivity contribution in [2.75, 3.05) is 0 Å². The van der Waals surface area contributed by atoms with Gasteiger partial charge in [0.05, 0.1) is 11.1 Å². The maximum atomic E-state index is 11.0. The Kier molecular flexibility index (Phi) is 1.95. The number of benzene rings is 1. The molecule has 0 aliphatic rings. The third-order valence-corrected chi connectivity index (χ3v) is 3.04. The molecule has 3 aromatic rings. The summed E-state index contributed by atoms with van der Waals surface area (Å²) in [6, 6.07) is 5.89. The first kappa shape index (κ1) is 9.89. The minimum absolute atomic E-state index is 0.496. The molecular weight excluding hydrogens is 216 g/mol. The average Bonchev–Trinajstić information content (AvgIpc) is 2.79. The summed E-state index contributed by atoms with van der Waals surface area (Å²) >= 11 is 0. The van der Waals surface area contributed by atoms with Gasteiger partial charge in [-0.3, -0.25) is 4.79 Å². The van der Waals surface area contributed by atoms with Crippen LogP contribution in [0, 0.1) is 13.8 Å². The predicted molar refractivity (Wildman–Crippen MR) is 63.1 cm³/mol. The number of carbonyl (C=O) groups excluding carboxylic acids is 1. The lowest BCUT2D eigenvalue weighted by Crippen LogP contribution is -1.97. The summed E-state index contributed by atoms with van der Waals surface area (Å²) in [5.41, 5.74) is 4.27. The van der Waals surface area contributed by atoms with Crippen molar-refractivity contribution >= 4 is 22.8 Å². The first-order valence-electron chi connectivity index (χ1n) is 5.28. The molecule has 2 aromatic heterocycles. The molecule has 2 heterocycles. The SMILES string of the molecule is Cc1cc2cc(C=O)c3nnnn3c2cc1C. The quantitative estimate of drug-likeness (QED) is 0.592. The Morgan fingerprint density at radius 2 is 1.94 bits per heavy atom. The number of aryl methyl sites for hydroxylation is 2. The summed E-state index contributed by atoms with van der Waals surface area (Å²) < 4.78 is 1.60. The van der Waals surface area contributed by atoms with E-state index in [2.05, 4.69) is 15.5 Å². The number of nitrogens with zero attached hydrogens (tertiary/aromatic N) is 4. The molecule has 5 heteroatoms. The van der Waals surface area contributed by atoms with Gasteiger partial charge in [-0.05, 0) is 53.6 Å². The highest BCUT2D eigenvalue weighted by Crippen LogP contribution is 2.21. The lowest BCUT2D eigenvalue weighted by Gasteiger charge is -2.06. The van der Waals surface area contributed by atoms with Crippen LogP contribution in [0.5, 0.6) is 0 Å². The van der Waals surface area contributed by atoms with Gasteiger partial charge in [0, 0.05) is 5.39 Å². The van der Waals surface area contributed by atoms with Crippen molar-refractivity contribution in [3.63, 3.8) is 0 Å².